The average molecular weight is 360 g/mol. The van der Waals surface area contributed by atoms with Crippen LogP contribution in [0.1, 0.15) is 17.5 Å². The SMILES string of the molecule is N=C(CCc1ccccc1)[P+](O)(O)C[C@@H](Cc1ccccc1)C(=O)O. The van der Waals surface area contributed by atoms with Crippen molar-refractivity contribution >= 4 is 19.1 Å². The van der Waals surface area contributed by atoms with Crippen molar-refractivity contribution in [3.8, 4) is 0 Å². The number of rotatable bonds is 9. The lowest BCUT2D eigenvalue weighted by molar-refractivity contribution is -0.141. The van der Waals surface area contributed by atoms with Gasteiger partial charge in [-0.3, -0.25) is 10.2 Å². The summed E-state index contributed by atoms with van der Waals surface area (Å²) in [7, 11) is -3.72. The second-order valence-corrected chi connectivity index (χ2v) is 8.44. The van der Waals surface area contributed by atoms with Crippen LogP contribution < -0.4 is 0 Å². The quantitative estimate of drug-likeness (QED) is 0.407. The Morgan fingerprint density at radius 1 is 0.960 bits per heavy atom. The van der Waals surface area contributed by atoms with Crippen LogP contribution in [0.3, 0.4) is 0 Å². The molecule has 0 spiro atoms. The van der Waals surface area contributed by atoms with E-state index in [-0.39, 0.29) is 24.5 Å². The molecule has 0 aromatic heterocycles. The standard InChI is InChI=1S/C19H22NO4P/c20-18(12-11-15-7-3-1-4-8-15)25(23,24)14-17(19(21)22)13-16-9-5-2-6-10-16/h1-10,17,20,23-24H,11-14H2/p+1/t17-/m1/s1. The summed E-state index contributed by atoms with van der Waals surface area (Å²) in [6.45, 7) is 0. The Kier molecular flexibility index (Phi) is 6.82. The van der Waals surface area contributed by atoms with Crippen LogP contribution in [0.25, 0.3) is 0 Å². The lowest BCUT2D eigenvalue weighted by Crippen LogP contribution is -2.24. The summed E-state index contributed by atoms with van der Waals surface area (Å²) in [5.74, 6) is -2.00. The molecule has 2 aromatic rings. The predicted octanol–water partition coefficient (Wildman–Crippen LogP) is 3.37. The Hall–Kier alpha value is -2.07. The van der Waals surface area contributed by atoms with Gasteiger partial charge < -0.3 is 5.11 Å². The summed E-state index contributed by atoms with van der Waals surface area (Å²) in [5.41, 5.74) is 1.67. The van der Waals surface area contributed by atoms with Gasteiger partial charge in [0, 0.05) is 6.42 Å². The van der Waals surface area contributed by atoms with E-state index in [4.69, 9.17) is 5.41 Å². The fraction of sp³-hybridized carbons (Fsp3) is 0.263. The second kappa shape index (κ2) is 8.86. The van der Waals surface area contributed by atoms with Crippen LogP contribution in [0.2, 0.25) is 0 Å². The molecule has 0 aliphatic heterocycles. The molecular formula is C19H23NO4P+. The first-order valence-electron chi connectivity index (χ1n) is 8.10. The van der Waals surface area contributed by atoms with Crippen molar-refractivity contribution < 1.29 is 19.7 Å². The number of carboxylic acid groups (broad SMARTS) is 1. The number of aryl methyl sites for hydroxylation is 1. The molecule has 0 aliphatic carbocycles. The first kappa shape index (κ1) is 19.3. The Bertz CT molecular complexity index is 704. The fourth-order valence-electron chi connectivity index (χ4n) is 2.63. The summed E-state index contributed by atoms with van der Waals surface area (Å²) >= 11 is 0. The Balaban J connectivity index is 1.98. The molecule has 1 atom stereocenters. The van der Waals surface area contributed by atoms with E-state index < -0.39 is 19.6 Å². The molecule has 0 unspecified atom stereocenters. The topological polar surface area (TPSA) is 102 Å². The molecule has 0 radical (unpaired) electrons. The maximum atomic E-state index is 11.5. The van der Waals surface area contributed by atoms with Crippen molar-refractivity contribution in [3.63, 3.8) is 0 Å². The molecule has 25 heavy (non-hydrogen) atoms. The van der Waals surface area contributed by atoms with Gasteiger partial charge in [0.1, 0.15) is 6.16 Å². The van der Waals surface area contributed by atoms with Gasteiger partial charge in [-0.15, -0.1) is 0 Å². The van der Waals surface area contributed by atoms with E-state index in [9.17, 15) is 19.7 Å². The van der Waals surface area contributed by atoms with Crippen molar-refractivity contribution in [3.05, 3.63) is 71.8 Å². The van der Waals surface area contributed by atoms with Gasteiger partial charge in [0.05, 0.1) is 5.92 Å². The average Bonchev–Trinajstić information content (AvgIpc) is 2.60. The highest BCUT2D eigenvalue weighted by Crippen LogP contribution is 2.54. The third kappa shape index (κ3) is 6.05. The van der Waals surface area contributed by atoms with Gasteiger partial charge in [0.2, 0.25) is 5.45 Å². The molecule has 5 nitrogen and oxygen atoms in total. The zero-order chi connectivity index (χ0) is 18.3. The van der Waals surface area contributed by atoms with Crippen molar-refractivity contribution in [1.29, 1.82) is 5.41 Å². The van der Waals surface area contributed by atoms with Crippen LogP contribution in [0.4, 0.5) is 0 Å². The highest BCUT2D eigenvalue weighted by Gasteiger charge is 2.44. The Morgan fingerprint density at radius 2 is 1.48 bits per heavy atom. The first-order valence-corrected chi connectivity index (χ1v) is 9.98. The second-order valence-electron chi connectivity index (χ2n) is 6.07. The van der Waals surface area contributed by atoms with Gasteiger partial charge in [0.25, 0.3) is 0 Å². The Labute approximate surface area is 148 Å². The smallest absolute Gasteiger partial charge is 0.314 e. The highest BCUT2D eigenvalue weighted by atomic mass is 31.2. The van der Waals surface area contributed by atoms with E-state index in [1.54, 1.807) is 0 Å². The van der Waals surface area contributed by atoms with Crippen molar-refractivity contribution in [1.82, 2.24) is 0 Å². The molecule has 0 heterocycles. The monoisotopic (exact) mass is 360 g/mol. The van der Waals surface area contributed by atoms with Gasteiger partial charge in [-0.1, -0.05) is 60.7 Å². The van der Waals surface area contributed by atoms with Crippen LogP contribution in [-0.4, -0.2) is 32.5 Å². The van der Waals surface area contributed by atoms with Crippen LogP contribution >= 0.6 is 7.72 Å². The third-order valence-electron chi connectivity index (χ3n) is 4.07. The first-order chi connectivity index (χ1) is 11.9. The van der Waals surface area contributed by atoms with Crippen LogP contribution in [0.15, 0.2) is 60.7 Å². The minimum atomic E-state index is -3.72. The van der Waals surface area contributed by atoms with E-state index in [0.717, 1.165) is 11.1 Å². The summed E-state index contributed by atoms with van der Waals surface area (Å²) in [5, 5.41) is 17.4. The van der Waals surface area contributed by atoms with Gasteiger partial charge in [-0.25, -0.2) is 9.79 Å². The molecule has 0 saturated carbocycles. The number of hydrogen-bond donors (Lipinski definition) is 4. The van der Waals surface area contributed by atoms with Crippen LogP contribution in [0, 0.1) is 11.3 Å². The number of benzene rings is 2. The van der Waals surface area contributed by atoms with Crippen LogP contribution in [0.5, 0.6) is 0 Å². The highest BCUT2D eigenvalue weighted by molar-refractivity contribution is 7.81. The predicted molar refractivity (Wildman–Crippen MR) is 100.0 cm³/mol. The molecule has 0 aliphatic rings. The van der Waals surface area contributed by atoms with Gasteiger partial charge in [0.15, 0.2) is 0 Å². The fourth-order valence-corrected chi connectivity index (χ4v) is 4.22. The van der Waals surface area contributed by atoms with Gasteiger partial charge in [-0.2, -0.15) is 0 Å². The minimum Gasteiger partial charge on any atom is -0.481 e. The molecule has 2 rings (SSSR count). The number of nitrogens with one attached hydrogen (secondary N) is 1. The largest absolute Gasteiger partial charge is 0.481 e. The maximum absolute atomic E-state index is 11.5. The van der Waals surface area contributed by atoms with Crippen molar-refractivity contribution in [2.45, 2.75) is 19.3 Å². The van der Waals surface area contributed by atoms with E-state index in [2.05, 4.69) is 0 Å². The van der Waals surface area contributed by atoms with E-state index in [0.29, 0.717) is 6.42 Å². The Morgan fingerprint density at radius 3 is 2.00 bits per heavy atom. The zero-order valence-electron chi connectivity index (χ0n) is 13.9. The number of carboxylic acids is 1. The lowest BCUT2D eigenvalue weighted by atomic mass is 10.0. The summed E-state index contributed by atoms with van der Waals surface area (Å²) < 4.78 is 0. The third-order valence-corrected chi connectivity index (χ3v) is 6.11. The molecular weight excluding hydrogens is 337 g/mol. The minimum absolute atomic E-state index is 0.157. The lowest BCUT2D eigenvalue weighted by Gasteiger charge is -2.18. The summed E-state index contributed by atoms with van der Waals surface area (Å²) in [4.78, 5) is 32.2. The molecule has 0 bridgehead atoms. The molecule has 0 fully saturated rings. The molecule has 0 saturated heterocycles. The van der Waals surface area contributed by atoms with E-state index in [1.165, 1.54) is 0 Å². The molecule has 4 N–H and O–H groups in total. The van der Waals surface area contributed by atoms with Gasteiger partial charge in [-0.05, 0) is 24.0 Å². The number of hydrogen-bond acceptors (Lipinski definition) is 4. The number of carbonyl (C=O) groups is 1. The van der Waals surface area contributed by atoms with E-state index in [1.807, 2.05) is 60.7 Å². The normalized spacial score (nSPS) is 12.6. The summed E-state index contributed by atoms with van der Waals surface area (Å²) in [6.07, 6.45) is 0.650. The van der Waals surface area contributed by atoms with E-state index >= 15 is 0 Å². The zero-order valence-corrected chi connectivity index (χ0v) is 14.8. The summed E-state index contributed by atoms with van der Waals surface area (Å²) in [6, 6.07) is 18.6. The maximum Gasteiger partial charge on any atom is 0.314 e. The van der Waals surface area contributed by atoms with Crippen LogP contribution in [-0.2, 0) is 17.6 Å². The molecule has 2 aromatic carbocycles. The molecule has 6 heteroatoms. The van der Waals surface area contributed by atoms with Crippen molar-refractivity contribution in [2.24, 2.45) is 5.92 Å². The molecule has 0 amide bonds. The van der Waals surface area contributed by atoms with Crippen molar-refractivity contribution in [2.75, 3.05) is 6.16 Å². The molecule has 132 valence electrons. The number of aliphatic carboxylic acids is 1. The van der Waals surface area contributed by atoms with Gasteiger partial charge >= 0.3 is 13.7 Å².